The van der Waals surface area contributed by atoms with Crippen molar-refractivity contribution in [2.45, 2.75) is 28.1 Å². The predicted molar refractivity (Wildman–Crippen MR) is 86.3 cm³/mol. The average molecular weight is 406 g/mol. The molecule has 0 unspecified atom stereocenters. The van der Waals surface area contributed by atoms with Gasteiger partial charge in [0, 0.05) is 20.1 Å². The molecule has 1 aromatic heterocycles. The first kappa shape index (κ1) is 18.9. The predicted octanol–water partition coefficient (Wildman–Crippen LogP) is 0.720. The zero-order valence-electron chi connectivity index (χ0n) is 13.7. The van der Waals surface area contributed by atoms with Crippen molar-refractivity contribution < 1.29 is 25.6 Å². The van der Waals surface area contributed by atoms with Crippen LogP contribution in [0.15, 0.2) is 34.6 Å². The Bertz CT molecular complexity index is 1030. The Kier molecular flexibility index (Phi) is 4.84. The van der Waals surface area contributed by atoms with Gasteiger partial charge in [-0.1, -0.05) is 0 Å². The Hall–Kier alpha value is -1.92. The zero-order chi connectivity index (χ0) is 19.1. The molecule has 1 fully saturated rings. The molecule has 8 nitrogen and oxygen atoms in total. The van der Waals surface area contributed by atoms with Crippen molar-refractivity contribution in [2.24, 2.45) is 7.05 Å². The Morgan fingerprint density at radius 2 is 1.77 bits per heavy atom. The minimum Gasteiger partial charge on any atom is -0.308 e. The summed E-state index contributed by atoms with van der Waals surface area (Å²) in [4.78, 5) is -0.757. The summed E-state index contributed by atoms with van der Waals surface area (Å²) in [6.07, 6.45) is 1.30. The molecule has 0 bridgehead atoms. The Morgan fingerprint density at radius 3 is 2.35 bits per heavy atom. The molecule has 2 heterocycles. The highest BCUT2D eigenvalue weighted by Gasteiger charge is 2.38. The van der Waals surface area contributed by atoms with Crippen LogP contribution in [0.1, 0.15) is 12.8 Å². The number of piperidine rings is 1. The molecular weight excluding hydrogens is 390 g/mol. The quantitative estimate of drug-likeness (QED) is 0.741. The molecule has 0 radical (unpaired) electrons. The highest BCUT2D eigenvalue weighted by Crippen LogP contribution is 2.28. The van der Waals surface area contributed by atoms with Gasteiger partial charge in [0.15, 0.2) is 0 Å². The molecule has 1 aromatic carbocycles. The number of aromatic nitrogens is 3. The maximum atomic E-state index is 13.8. The van der Waals surface area contributed by atoms with Gasteiger partial charge >= 0.3 is 0 Å². The number of nitrogens with zero attached hydrogens (tertiary/aromatic N) is 4. The summed E-state index contributed by atoms with van der Waals surface area (Å²) in [5, 5.41) is 6.14. The fourth-order valence-corrected chi connectivity index (χ4v) is 6.16. The lowest BCUT2D eigenvalue weighted by molar-refractivity contribution is 0.343. The molecule has 142 valence electrons. The van der Waals surface area contributed by atoms with Crippen LogP contribution in [0, 0.1) is 11.6 Å². The monoisotopic (exact) mass is 406 g/mol. The first-order chi connectivity index (χ1) is 12.1. The topological polar surface area (TPSA) is 102 Å². The molecule has 0 amide bonds. The van der Waals surface area contributed by atoms with Crippen LogP contribution in [0.4, 0.5) is 8.78 Å². The van der Waals surface area contributed by atoms with E-state index in [0.29, 0.717) is 6.07 Å². The molecule has 26 heavy (non-hydrogen) atoms. The van der Waals surface area contributed by atoms with Crippen molar-refractivity contribution in [1.82, 2.24) is 19.1 Å². The summed E-state index contributed by atoms with van der Waals surface area (Å²) in [6, 6.07) is 2.19. The molecule has 2 aromatic rings. The largest absolute Gasteiger partial charge is 0.308 e. The van der Waals surface area contributed by atoms with Crippen LogP contribution < -0.4 is 0 Å². The van der Waals surface area contributed by atoms with E-state index >= 15 is 0 Å². The number of aryl methyl sites for hydroxylation is 1. The number of sulfonamides is 1. The SMILES string of the molecule is Cn1cnnc1S(=O)(=O)C1CCN(S(=O)(=O)c2cc(F)ccc2F)CC1. The molecular formula is C14H16F2N4O4S2. The van der Waals surface area contributed by atoms with Crippen molar-refractivity contribution in [2.75, 3.05) is 13.1 Å². The number of halogens is 2. The second-order valence-corrected chi connectivity index (χ2v) is 9.98. The number of benzene rings is 1. The van der Waals surface area contributed by atoms with Gasteiger partial charge in [-0.3, -0.25) is 0 Å². The van der Waals surface area contributed by atoms with Gasteiger partial charge in [-0.2, -0.15) is 4.31 Å². The molecule has 1 aliphatic heterocycles. The van der Waals surface area contributed by atoms with Gasteiger partial charge in [0.2, 0.25) is 25.0 Å². The molecule has 0 atom stereocenters. The van der Waals surface area contributed by atoms with Gasteiger partial charge in [0.05, 0.1) is 5.25 Å². The number of hydrogen-bond acceptors (Lipinski definition) is 6. The van der Waals surface area contributed by atoms with E-state index in [1.54, 1.807) is 0 Å². The molecule has 3 rings (SSSR count). The minimum absolute atomic E-state index is 0.0192. The van der Waals surface area contributed by atoms with E-state index in [-0.39, 0.29) is 31.1 Å². The zero-order valence-corrected chi connectivity index (χ0v) is 15.3. The van der Waals surface area contributed by atoms with Crippen LogP contribution >= 0.6 is 0 Å². The van der Waals surface area contributed by atoms with Crippen LogP contribution in [0.5, 0.6) is 0 Å². The van der Waals surface area contributed by atoms with E-state index in [4.69, 9.17) is 0 Å². The summed E-state index contributed by atoms with van der Waals surface area (Å²) in [5.74, 6) is -1.93. The van der Waals surface area contributed by atoms with E-state index < -0.39 is 41.6 Å². The van der Waals surface area contributed by atoms with Crippen LogP contribution in [0.3, 0.4) is 0 Å². The normalized spacial score (nSPS) is 17.5. The maximum Gasteiger partial charge on any atom is 0.249 e. The lowest BCUT2D eigenvalue weighted by atomic mass is 10.2. The average Bonchev–Trinajstić information content (AvgIpc) is 3.04. The van der Waals surface area contributed by atoms with Crippen LogP contribution in [0.2, 0.25) is 0 Å². The summed E-state index contributed by atoms with van der Waals surface area (Å²) in [6.45, 7) is -0.250. The highest BCUT2D eigenvalue weighted by molar-refractivity contribution is 7.92. The summed E-state index contributed by atoms with van der Waals surface area (Å²) < 4.78 is 79.7. The van der Waals surface area contributed by atoms with E-state index in [2.05, 4.69) is 10.2 Å². The number of sulfone groups is 1. The fourth-order valence-electron chi connectivity index (χ4n) is 2.88. The third-order valence-corrected chi connectivity index (χ3v) is 8.42. The molecule has 0 N–H and O–H groups in total. The van der Waals surface area contributed by atoms with Gasteiger partial charge in [-0.25, -0.2) is 25.6 Å². The number of hydrogen-bond donors (Lipinski definition) is 0. The smallest absolute Gasteiger partial charge is 0.249 e. The molecule has 12 heteroatoms. The standard InChI is InChI=1S/C14H16F2N4O4S2/c1-19-9-17-18-14(19)25(21,22)11-4-6-20(7-5-11)26(23,24)13-8-10(15)2-3-12(13)16/h2-3,8-9,11H,4-7H2,1H3. The molecule has 1 aliphatic rings. The first-order valence-electron chi connectivity index (χ1n) is 7.67. The van der Waals surface area contributed by atoms with Crippen molar-refractivity contribution >= 4 is 19.9 Å². The van der Waals surface area contributed by atoms with Crippen molar-refractivity contribution in [1.29, 1.82) is 0 Å². The van der Waals surface area contributed by atoms with Gasteiger partial charge in [0.1, 0.15) is 22.9 Å². The Balaban J connectivity index is 1.80. The van der Waals surface area contributed by atoms with Crippen molar-refractivity contribution in [3.63, 3.8) is 0 Å². The van der Waals surface area contributed by atoms with E-state index in [1.165, 1.54) is 17.9 Å². The van der Waals surface area contributed by atoms with Crippen LogP contribution in [-0.4, -0.2) is 54.2 Å². The first-order valence-corrected chi connectivity index (χ1v) is 10.7. The van der Waals surface area contributed by atoms with Crippen LogP contribution in [0.25, 0.3) is 0 Å². The second-order valence-electron chi connectivity index (χ2n) is 5.95. The van der Waals surface area contributed by atoms with E-state index in [9.17, 15) is 25.6 Å². The van der Waals surface area contributed by atoms with Crippen LogP contribution in [-0.2, 0) is 26.9 Å². The molecule has 0 saturated carbocycles. The summed E-state index contributed by atoms with van der Waals surface area (Å²) in [7, 11) is -6.52. The Labute approximate surface area is 149 Å². The minimum atomic E-state index is -4.26. The highest BCUT2D eigenvalue weighted by atomic mass is 32.2. The van der Waals surface area contributed by atoms with Crippen molar-refractivity contribution in [3.8, 4) is 0 Å². The summed E-state index contributed by atoms with van der Waals surface area (Å²) in [5.41, 5.74) is 0. The molecule has 0 spiro atoms. The second kappa shape index (κ2) is 6.67. The lowest BCUT2D eigenvalue weighted by Crippen LogP contribution is -2.43. The van der Waals surface area contributed by atoms with Gasteiger partial charge < -0.3 is 4.57 Å². The molecule has 1 saturated heterocycles. The Morgan fingerprint density at radius 1 is 1.12 bits per heavy atom. The van der Waals surface area contributed by atoms with Gasteiger partial charge in [0.25, 0.3) is 0 Å². The number of rotatable bonds is 4. The fraction of sp³-hybridized carbons (Fsp3) is 0.429. The summed E-state index contributed by atoms with van der Waals surface area (Å²) >= 11 is 0. The lowest BCUT2D eigenvalue weighted by Gasteiger charge is -2.30. The van der Waals surface area contributed by atoms with E-state index in [1.807, 2.05) is 0 Å². The maximum absolute atomic E-state index is 13.8. The third-order valence-electron chi connectivity index (χ3n) is 4.28. The molecule has 0 aliphatic carbocycles. The van der Waals surface area contributed by atoms with E-state index in [0.717, 1.165) is 16.4 Å². The third kappa shape index (κ3) is 3.23. The van der Waals surface area contributed by atoms with Gasteiger partial charge in [-0.15, -0.1) is 10.2 Å². The van der Waals surface area contributed by atoms with Crippen molar-refractivity contribution in [3.05, 3.63) is 36.2 Å². The van der Waals surface area contributed by atoms with Gasteiger partial charge in [-0.05, 0) is 31.0 Å².